The third kappa shape index (κ3) is 3.71. The molecular formula is C24H16ClF2NO4. The summed E-state index contributed by atoms with van der Waals surface area (Å²) >= 11 is 6.05. The molecule has 1 fully saturated rings. The molecule has 1 N–H and O–H groups in total. The van der Waals surface area contributed by atoms with Crippen LogP contribution in [-0.2, 0) is 9.59 Å². The van der Waals surface area contributed by atoms with Gasteiger partial charge in [-0.25, -0.2) is 8.78 Å². The molecular weight excluding hydrogens is 440 g/mol. The molecule has 162 valence electrons. The van der Waals surface area contributed by atoms with Crippen LogP contribution in [0.2, 0.25) is 5.02 Å². The maximum Gasteiger partial charge on any atom is 0.300 e. The predicted octanol–water partition coefficient (Wildman–Crippen LogP) is 5.25. The zero-order chi connectivity index (χ0) is 23.0. The van der Waals surface area contributed by atoms with E-state index in [1.165, 1.54) is 67.8 Å². The average molecular weight is 456 g/mol. The number of Topliss-reactive ketones (excluding diaryl/α,β-unsaturated/α-hetero) is 1. The molecule has 4 rings (SSSR count). The van der Waals surface area contributed by atoms with Crippen LogP contribution >= 0.6 is 11.6 Å². The van der Waals surface area contributed by atoms with Crippen molar-refractivity contribution in [1.82, 2.24) is 0 Å². The Balaban J connectivity index is 1.95. The molecule has 0 bridgehead atoms. The summed E-state index contributed by atoms with van der Waals surface area (Å²) in [6, 6.07) is 13.6. The molecule has 0 spiro atoms. The van der Waals surface area contributed by atoms with Gasteiger partial charge in [0.15, 0.2) is 0 Å². The van der Waals surface area contributed by atoms with Crippen LogP contribution in [0.5, 0.6) is 5.75 Å². The molecule has 1 aliphatic rings. The maximum atomic E-state index is 13.9. The van der Waals surface area contributed by atoms with Crippen molar-refractivity contribution in [2.75, 3.05) is 12.0 Å². The van der Waals surface area contributed by atoms with E-state index >= 15 is 0 Å². The second kappa shape index (κ2) is 8.43. The van der Waals surface area contributed by atoms with Crippen molar-refractivity contribution in [3.8, 4) is 5.75 Å². The van der Waals surface area contributed by atoms with E-state index in [1.54, 1.807) is 0 Å². The average Bonchev–Trinajstić information content (AvgIpc) is 3.05. The number of rotatable bonds is 4. The summed E-state index contributed by atoms with van der Waals surface area (Å²) in [5, 5.41) is 11.3. The van der Waals surface area contributed by atoms with E-state index < -0.39 is 35.1 Å². The van der Waals surface area contributed by atoms with E-state index in [-0.39, 0.29) is 22.6 Å². The number of hydrogen-bond donors (Lipinski definition) is 1. The fourth-order valence-electron chi connectivity index (χ4n) is 3.65. The summed E-state index contributed by atoms with van der Waals surface area (Å²) in [6.45, 7) is 0. The lowest BCUT2D eigenvalue weighted by atomic mass is 9.95. The van der Waals surface area contributed by atoms with Gasteiger partial charge in [0.05, 0.1) is 23.7 Å². The highest BCUT2D eigenvalue weighted by atomic mass is 35.5. The Hall–Kier alpha value is -3.71. The highest BCUT2D eigenvalue weighted by Crippen LogP contribution is 2.42. The fraction of sp³-hybridized carbons (Fsp3) is 0.0833. The van der Waals surface area contributed by atoms with Gasteiger partial charge in [-0.05, 0) is 54.1 Å². The van der Waals surface area contributed by atoms with Crippen LogP contribution in [0.1, 0.15) is 17.2 Å². The Morgan fingerprint density at radius 1 is 1.00 bits per heavy atom. The molecule has 1 saturated heterocycles. The second-order valence-electron chi connectivity index (χ2n) is 7.05. The lowest BCUT2D eigenvalue weighted by Crippen LogP contribution is -2.29. The Morgan fingerprint density at radius 2 is 1.72 bits per heavy atom. The molecule has 3 aromatic rings. The van der Waals surface area contributed by atoms with Gasteiger partial charge in [0.2, 0.25) is 0 Å². The number of anilines is 1. The van der Waals surface area contributed by atoms with Gasteiger partial charge in [-0.15, -0.1) is 0 Å². The van der Waals surface area contributed by atoms with Crippen molar-refractivity contribution in [2.45, 2.75) is 6.04 Å². The van der Waals surface area contributed by atoms with Gasteiger partial charge in [-0.3, -0.25) is 14.5 Å². The van der Waals surface area contributed by atoms with Crippen molar-refractivity contribution in [2.24, 2.45) is 0 Å². The van der Waals surface area contributed by atoms with Crippen LogP contribution < -0.4 is 9.64 Å². The number of ketones is 1. The topological polar surface area (TPSA) is 66.8 Å². The zero-order valence-corrected chi connectivity index (χ0v) is 17.4. The molecule has 1 atom stereocenters. The van der Waals surface area contributed by atoms with E-state index in [4.69, 9.17) is 16.3 Å². The minimum absolute atomic E-state index is 0.120. The van der Waals surface area contributed by atoms with Crippen molar-refractivity contribution < 1.29 is 28.2 Å². The number of benzene rings is 3. The second-order valence-corrected chi connectivity index (χ2v) is 7.46. The first-order valence-electron chi connectivity index (χ1n) is 9.47. The van der Waals surface area contributed by atoms with E-state index in [0.29, 0.717) is 10.6 Å². The Bertz CT molecular complexity index is 1260. The SMILES string of the molecule is COc1cc(/C(O)=C2\C(=O)C(=O)N(c3cccc(F)c3)C2c2ccc(F)cc2)ccc1Cl. The lowest BCUT2D eigenvalue weighted by molar-refractivity contribution is -0.132. The van der Waals surface area contributed by atoms with Crippen molar-refractivity contribution in [1.29, 1.82) is 0 Å². The van der Waals surface area contributed by atoms with E-state index in [0.717, 1.165) is 11.0 Å². The highest BCUT2D eigenvalue weighted by Gasteiger charge is 2.47. The summed E-state index contributed by atoms with van der Waals surface area (Å²) in [5.41, 5.74) is 0.442. The molecule has 8 heteroatoms. The van der Waals surface area contributed by atoms with Crippen LogP contribution in [0, 0.1) is 11.6 Å². The number of ether oxygens (including phenoxy) is 1. The molecule has 3 aromatic carbocycles. The quantitative estimate of drug-likeness (QED) is 0.331. The largest absolute Gasteiger partial charge is 0.507 e. The Kier molecular flexibility index (Phi) is 5.67. The van der Waals surface area contributed by atoms with Gasteiger partial charge < -0.3 is 9.84 Å². The number of amides is 1. The fourth-order valence-corrected chi connectivity index (χ4v) is 3.84. The first-order chi connectivity index (χ1) is 15.3. The van der Waals surface area contributed by atoms with Crippen molar-refractivity contribution >= 4 is 34.7 Å². The Labute approximate surface area is 187 Å². The number of methoxy groups -OCH3 is 1. The molecule has 0 aliphatic carbocycles. The lowest BCUT2D eigenvalue weighted by Gasteiger charge is -2.25. The van der Waals surface area contributed by atoms with E-state index in [9.17, 15) is 23.5 Å². The number of halogens is 3. The molecule has 0 saturated carbocycles. The number of aliphatic hydroxyl groups excluding tert-OH is 1. The predicted molar refractivity (Wildman–Crippen MR) is 116 cm³/mol. The summed E-state index contributed by atoms with van der Waals surface area (Å²) in [6.07, 6.45) is 0. The van der Waals surface area contributed by atoms with Crippen LogP contribution in [0.4, 0.5) is 14.5 Å². The molecule has 0 radical (unpaired) electrons. The Morgan fingerprint density at radius 3 is 2.38 bits per heavy atom. The van der Waals surface area contributed by atoms with Crippen molar-refractivity contribution in [3.05, 3.63) is 100 Å². The van der Waals surface area contributed by atoms with Gasteiger partial charge in [0, 0.05) is 11.3 Å². The van der Waals surface area contributed by atoms with Gasteiger partial charge in [-0.2, -0.15) is 0 Å². The van der Waals surface area contributed by atoms with Gasteiger partial charge in [-0.1, -0.05) is 29.8 Å². The number of carbonyl (C=O) groups excluding carboxylic acids is 2. The minimum atomic E-state index is -1.11. The molecule has 32 heavy (non-hydrogen) atoms. The molecule has 1 unspecified atom stereocenters. The zero-order valence-electron chi connectivity index (χ0n) is 16.7. The van der Waals surface area contributed by atoms with Crippen LogP contribution in [0.15, 0.2) is 72.3 Å². The third-order valence-electron chi connectivity index (χ3n) is 5.14. The number of nitrogens with zero attached hydrogens (tertiary/aromatic N) is 1. The van der Waals surface area contributed by atoms with Gasteiger partial charge >= 0.3 is 0 Å². The van der Waals surface area contributed by atoms with Crippen LogP contribution in [0.25, 0.3) is 5.76 Å². The molecule has 0 aromatic heterocycles. The van der Waals surface area contributed by atoms with Crippen molar-refractivity contribution in [3.63, 3.8) is 0 Å². The summed E-state index contributed by atoms with van der Waals surface area (Å²) in [5.74, 6) is -3.24. The summed E-state index contributed by atoms with van der Waals surface area (Å²) < 4.78 is 32.6. The number of carbonyl (C=O) groups is 2. The van der Waals surface area contributed by atoms with E-state index in [1.807, 2.05) is 0 Å². The summed E-state index contributed by atoms with van der Waals surface area (Å²) in [4.78, 5) is 27.1. The number of hydrogen-bond acceptors (Lipinski definition) is 4. The minimum Gasteiger partial charge on any atom is -0.507 e. The smallest absolute Gasteiger partial charge is 0.300 e. The highest BCUT2D eigenvalue weighted by molar-refractivity contribution is 6.51. The molecule has 5 nitrogen and oxygen atoms in total. The summed E-state index contributed by atoms with van der Waals surface area (Å²) in [7, 11) is 1.40. The van der Waals surface area contributed by atoms with E-state index in [2.05, 4.69) is 0 Å². The molecule has 1 amide bonds. The normalized spacial score (nSPS) is 17.6. The molecule has 1 heterocycles. The number of aliphatic hydroxyl groups is 1. The van der Waals surface area contributed by atoms with Crippen LogP contribution in [-0.4, -0.2) is 23.9 Å². The van der Waals surface area contributed by atoms with Gasteiger partial charge in [0.1, 0.15) is 23.1 Å². The van der Waals surface area contributed by atoms with Crippen LogP contribution in [0.3, 0.4) is 0 Å². The molecule has 1 aliphatic heterocycles. The van der Waals surface area contributed by atoms with Gasteiger partial charge in [0.25, 0.3) is 11.7 Å². The standard InChI is InChI=1S/C24H16ClF2NO4/c1-32-19-11-14(7-10-18(19)25)22(29)20-21(13-5-8-15(26)9-6-13)28(24(31)23(20)30)17-4-2-3-16(27)12-17/h2-12,21,29H,1H3/b22-20+. The third-order valence-corrected chi connectivity index (χ3v) is 5.45. The first kappa shape index (κ1) is 21.5. The monoisotopic (exact) mass is 455 g/mol. The maximum absolute atomic E-state index is 13.9. The first-order valence-corrected chi connectivity index (χ1v) is 9.85.